The van der Waals surface area contributed by atoms with Crippen LogP contribution in [0.25, 0.3) is 6.08 Å². The van der Waals surface area contributed by atoms with Crippen molar-refractivity contribution in [2.24, 2.45) is 0 Å². The Hall–Kier alpha value is -2.82. The Bertz CT molecular complexity index is 809. The maximum atomic E-state index is 12.5. The van der Waals surface area contributed by atoms with E-state index in [2.05, 4.69) is 41.9 Å². The maximum absolute atomic E-state index is 12.5. The third-order valence-corrected chi connectivity index (χ3v) is 4.70. The summed E-state index contributed by atoms with van der Waals surface area (Å²) in [6, 6.07) is 10.0. The number of rotatable bonds is 4. The number of anilines is 1. The van der Waals surface area contributed by atoms with Crippen LogP contribution in [-0.2, 0) is 4.79 Å². The van der Waals surface area contributed by atoms with E-state index in [9.17, 15) is 4.79 Å². The van der Waals surface area contributed by atoms with Crippen molar-refractivity contribution < 1.29 is 9.53 Å². The first kappa shape index (κ1) is 18.0. The van der Waals surface area contributed by atoms with Crippen LogP contribution in [-0.4, -0.2) is 49.1 Å². The molecular formula is C21H25N3O2. The fraction of sp³-hybridized carbons (Fsp3) is 0.333. The summed E-state index contributed by atoms with van der Waals surface area (Å²) in [4.78, 5) is 20.9. The molecule has 5 heteroatoms. The average molecular weight is 351 g/mol. The summed E-state index contributed by atoms with van der Waals surface area (Å²) >= 11 is 0. The summed E-state index contributed by atoms with van der Waals surface area (Å²) in [7, 11) is 1.65. The molecule has 1 fully saturated rings. The Morgan fingerprint density at radius 3 is 2.58 bits per heavy atom. The minimum atomic E-state index is 0.0585. The number of carbonyl (C=O) groups excluding carboxylic acids is 1. The number of amides is 1. The number of aryl methyl sites for hydroxylation is 2. The summed E-state index contributed by atoms with van der Waals surface area (Å²) in [6.07, 6.45) is 5.34. The molecule has 0 saturated carbocycles. The summed E-state index contributed by atoms with van der Waals surface area (Å²) in [5.74, 6) is 1.75. The number of benzene rings is 1. The molecule has 0 unspecified atom stereocenters. The predicted molar refractivity (Wildman–Crippen MR) is 105 cm³/mol. The van der Waals surface area contributed by atoms with Crippen LogP contribution in [0.1, 0.15) is 16.7 Å². The highest BCUT2D eigenvalue weighted by atomic mass is 16.5. The summed E-state index contributed by atoms with van der Waals surface area (Å²) < 4.78 is 5.26. The molecule has 2 aromatic rings. The summed E-state index contributed by atoms with van der Waals surface area (Å²) in [5, 5.41) is 0. The van der Waals surface area contributed by atoms with Crippen molar-refractivity contribution >= 4 is 17.8 Å². The molecule has 0 N–H and O–H groups in total. The molecule has 3 rings (SSSR count). The van der Waals surface area contributed by atoms with Gasteiger partial charge in [-0.3, -0.25) is 4.79 Å². The Morgan fingerprint density at radius 2 is 1.88 bits per heavy atom. The van der Waals surface area contributed by atoms with Gasteiger partial charge in [0.2, 0.25) is 5.91 Å². The lowest BCUT2D eigenvalue weighted by Crippen LogP contribution is -2.48. The van der Waals surface area contributed by atoms with Gasteiger partial charge in [-0.2, -0.15) is 0 Å². The highest BCUT2D eigenvalue weighted by Gasteiger charge is 2.20. The molecule has 5 nitrogen and oxygen atoms in total. The first-order valence-corrected chi connectivity index (χ1v) is 8.86. The second kappa shape index (κ2) is 8.04. The Balaban J connectivity index is 1.58. The van der Waals surface area contributed by atoms with Crippen LogP contribution >= 0.6 is 0 Å². The lowest BCUT2D eigenvalue weighted by Gasteiger charge is -2.35. The van der Waals surface area contributed by atoms with E-state index in [1.165, 1.54) is 11.1 Å². The Morgan fingerprint density at radius 1 is 1.12 bits per heavy atom. The van der Waals surface area contributed by atoms with E-state index in [1.807, 2.05) is 23.1 Å². The highest BCUT2D eigenvalue weighted by molar-refractivity contribution is 5.92. The Kier molecular flexibility index (Phi) is 5.56. The van der Waals surface area contributed by atoms with Gasteiger partial charge in [-0.05, 0) is 37.1 Å². The van der Waals surface area contributed by atoms with Crippen LogP contribution in [0.4, 0.5) is 5.82 Å². The highest BCUT2D eigenvalue weighted by Crippen LogP contribution is 2.19. The minimum absolute atomic E-state index is 0.0585. The minimum Gasteiger partial charge on any atom is -0.497 e. The molecule has 1 saturated heterocycles. The third kappa shape index (κ3) is 4.23. The molecule has 136 valence electrons. The molecule has 1 aromatic heterocycles. The quantitative estimate of drug-likeness (QED) is 0.794. The number of hydrogen-bond acceptors (Lipinski definition) is 4. The van der Waals surface area contributed by atoms with E-state index >= 15 is 0 Å². The fourth-order valence-corrected chi connectivity index (χ4v) is 3.13. The average Bonchev–Trinajstić information content (AvgIpc) is 2.67. The molecule has 1 aliphatic heterocycles. The molecule has 26 heavy (non-hydrogen) atoms. The van der Waals surface area contributed by atoms with Gasteiger partial charge in [0.05, 0.1) is 7.11 Å². The smallest absolute Gasteiger partial charge is 0.246 e. The number of carbonyl (C=O) groups is 1. The SMILES string of the molecule is COc1ccnc(N2CCN(C(=O)/C=C/c3ccc(C)cc3C)CC2)c1. The zero-order valence-electron chi connectivity index (χ0n) is 15.6. The van der Waals surface area contributed by atoms with E-state index in [0.717, 1.165) is 30.2 Å². The molecule has 2 heterocycles. The van der Waals surface area contributed by atoms with Gasteiger partial charge in [-0.1, -0.05) is 23.8 Å². The number of ether oxygens (including phenoxy) is 1. The Labute approximate surface area is 154 Å². The van der Waals surface area contributed by atoms with Crippen molar-refractivity contribution in [1.29, 1.82) is 0 Å². The molecular weight excluding hydrogens is 326 g/mol. The van der Waals surface area contributed by atoms with E-state index in [1.54, 1.807) is 19.4 Å². The first-order valence-electron chi connectivity index (χ1n) is 8.86. The topological polar surface area (TPSA) is 45.7 Å². The zero-order valence-corrected chi connectivity index (χ0v) is 15.6. The van der Waals surface area contributed by atoms with Crippen molar-refractivity contribution in [2.45, 2.75) is 13.8 Å². The van der Waals surface area contributed by atoms with Gasteiger partial charge in [0.15, 0.2) is 0 Å². The predicted octanol–water partition coefficient (Wildman–Crippen LogP) is 3.07. The lowest BCUT2D eigenvalue weighted by molar-refractivity contribution is -0.126. The van der Waals surface area contributed by atoms with Gasteiger partial charge in [0.25, 0.3) is 0 Å². The van der Waals surface area contributed by atoms with Gasteiger partial charge in [-0.25, -0.2) is 4.98 Å². The van der Waals surface area contributed by atoms with Gasteiger partial charge in [0, 0.05) is 44.5 Å². The van der Waals surface area contributed by atoms with E-state index in [4.69, 9.17) is 4.74 Å². The summed E-state index contributed by atoms with van der Waals surface area (Å²) in [5.41, 5.74) is 3.50. The van der Waals surface area contributed by atoms with E-state index < -0.39 is 0 Å². The van der Waals surface area contributed by atoms with Gasteiger partial charge in [0.1, 0.15) is 11.6 Å². The van der Waals surface area contributed by atoms with Crippen LogP contribution in [0, 0.1) is 13.8 Å². The standard InChI is InChI=1S/C21H25N3O2/c1-16-4-5-18(17(2)14-16)6-7-21(25)24-12-10-23(11-13-24)20-15-19(26-3)8-9-22-20/h4-9,14-15H,10-13H2,1-3H3/b7-6+. The molecule has 0 spiro atoms. The lowest BCUT2D eigenvalue weighted by atomic mass is 10.1. The first-order chi connectivity index (χ1) is 12.6. The van der Waals surface area contributed by atoms with Crippen LogP contribution in [0.3, 0.4) is 0 Å². The van der Waals surface area contributed by atoms with Crippen molar-refractivity contribution in [2.75, 3.05) is 38.2 Å². The number of methoxy groups -OCH3 is 1. The third-order valence-electron chi connectivity index (χ3n) is 4.70. The van der Waals surface area contributed by atoms with Crippen molar-refractivity contribution in [3.63, 3.8) is 0 Å². The molecule has 1 amide bonds. The zero-order chi connectivity index (χ0) is 18.5. The van der Waals surface area contributed by atoms with E-state index in [-0.39, 0.29) is 5.91 Å². The number of pyridine rings is 1. The largest absolute Gasteiger partial charge is 0.497 e. The van der Waals surface area contributed by atoms with Gasteiger partial charge >= 0.3 is 0 Å². The number of nitrogens with zero attached hydrogens (tertiary/aromatic N) is 3. The molecule has 0 aliphatic carbocycles. The maximum Gasteiger partial charge on any atom is 0.246 e. The number of aromatic nitrogens is 1. The normalized spacial score (nSPS) is 14.7. The van der Waals surface area contributed by atoms with Crippen molar-refractivity contribution in [3.8, 4) is 5.75 Å². The molecule has 0 atom stereocenters. The van der Waals surface area contributed by atoms with Crippen LogP contribution in [0.15, 0.2) is 42.6 Å². The summed E-state index contributed by atoms with van der Waals surface area (Å²) in [6.45, 7) is 7.05. The van der Waals surface area contributed by atoms with Crippen LogP contribution in [0.2, 0.25) is 0 Å². The number of piperazine rings is 1. The van der Waals surface area contributed by atoms with Crippen molar-refractivity contribution in [1.82, 2.24) is 9.88 Å². The monoisotopic (exact) mass is 351 g/mol. The van der Waals surface area contributed by atoms with Gasteiger partial charge in [-0.15, -0.1) is 0 Å². The fourth-order valence-electron chi connectivity index (χ4n) is 3.13. The molecule has 0 bridgehead atoms. The molecule has 0 radical (unpaired) electrons. The molecule has 1 aromatic carbocycles. The van der Waals surface area contributed by atoms with Gasteiger partial charge < -0.3 is 14.5 Å². The second-order valence-electron chi connectivity index (χ2n) is 6.56. The van der Waals surface area contributed by atoms with Crippen LogP contribution < -0.4 is 9.64 Å². The molecule has 1 aliphatic rings. The van der Waals surface area contributed by atoms with Crippen molar-refractivity contribution in [3.05, 3.63) is 59.3 Å². The van der Waals surface area contributed by atoms with E-state index in [0.29, 0.717) is 13.1 Å². The second-order valence-corrected chi connectivity index (χ2v) is 6.56. The van der Waals surface area contributed by atoms with Crippen LogP contribution in [0.5, 0.6) is 5.75 Å². The number of hydrogen-bond donors (Lipinski definition) is 0.